The molecule has 0 atom stereocenters. The van der Waals surface area contributed by atoms with Crippen LogP contribution in [0, 0.1) is 5.92 Å². The first kappa shape index (κ1) is 14.2. The molecule has 2 rings (SSSR count). The first-order chi connectivity index (χ1) is 9.15. The van der Waals surface area contributed by atoms with Crippen molar-refractivity contribution in [2.24, 2.45) is 5.92 Å². The van der Waals surface area contributed by atoms with Gasteiger partial charge in [0, 0.05) is 24.7 Å². The highest BCUT2D eigenvalue weighted by Gasteiger charge is 2.25. The fourth-order valence-corrected chi connectivity index (χ4v) is 2.51. The van der Waals surface area contributed by atoms with Gasteiger partial charge in [0.15, 0.2) is 0 Å². The van der Waals surface area contributed by atoms with Gasteiger partial charge in [-0.25, -0.2) is 0 Å². The number of hydrogen-bond acceptors (Lipinski definition) is 3. The van der Waals surface area contributed by atoms with E-state index in [9.17, 15) is 4.79 Å². The molecule has 4 nitrogen and oxygen atoms in total. The number of ether oxygens (including phenoxy) is 1. The van der Waals surface area contributed by atoms with Crippen molar-refractivity contribution in [3.8, 4) is 5.75 Å². The number of hydrogen-bond donors (Lipinski definition) is 1. The Morgan fingerprint density at radius 1 is 1.47 bits per heavy atom. The number of halogens is 1. The van der Waals surface area contributed by atoms with Crippen molar-refractivity contribution >= 4 is 17.5 Å². The zero-order chi connectivity index (χ0) is 13.8. The molecule has 19 heavy (non-hydrogen) atoms. The van der Waals surface area contributed by atoms with Crippen LogP contribution < -0.4 is 4.74 Å². The van der Waals surface area contributed by atoms with Gasteiger partial charge < -0.3 is 14.7 Å². The smallest absolute Gasteiger partial charge is 0.257 e. The molecule has 0 saturated carbocycles. The zero-order valence-corrected chi connectivity index (χ0v) is 11.7. The van der Waals surface area contributed by atoms with Crippen LogP contribution in [0.15, 0.2) is 18.2 Å². The van der Waals surface area contributed by atoms with Crippen LogP contribution in [0.1, 0.15) is 23.2 Å². The topological polar surface area (TPSA) is 49.8 Å². The van der Waals surface area contributed by atoms with Gasteiger partial charge in [0.2, 0.25) is 0 Å². The second kappa shape index (κ2) is 6.26. The Balaban J connectivity index is 2.14. The summed E-state index contributed by atoms with van der Waals surface area (Å²) in [6.07, 6.45) is 1.68. The molecule has 0 aromatic heterocycles. The van der Waals surface area contributed by atoms with Gasteiger partial charge >= 0.3 is 0 Å². The van der Waals surface area contributed by atoms with E-state index in [0.717, 1.165) is 12.8 Å². The van der Waals surface area contributed by atoms with Gasteiger partial charge in [-0.05, 0) is 37.0 Å². The summed E-state index contributed by atoms with van der Waals surface area (Å²) in [4.78, 5) is 14.2. The lowest BCUT2D eigenvalue weighted by molar-refractivity contribution is 0.0647. The lowest BCUT2D eigenvalue weighted by Crippen LogP contribution is -2.39. The van der Waals surface area contributed by atoms with Crippen LogP contribution in [0.25, 0.3) is 0 Å². The van der Waals surface area contributed by atoms with Crippen molar-refractivity contribution < 1.29 is 14.6 Å². The molecule has 0 spiro atoms. The van der Waals surface area contributed by atoms with Crippen molar-refractivity contribution in [1.29, 1.82) is 0 Å². The summed E-state index contributed by atoms with van der Waals surface area (Å²) in [6, 6.07) is 5.05. The summed E-state index contributed by atoms with van der Waals surface area (Å²) >= 11 is 5.94. The molecule has 1 heterocycles. The van der Waals surface area contributed by atoms with E-state index in [1.54, 1.807) is 23.1 Å². The Kier molecular flexibility index (Phi) is 4.66. The van der Waals surface area contributed by atoms with E-state index in [4.69, 9.17) is 21.4 Å². The Bertz CT molecular complexity index is 456. The molecule has 0 unspecified atom stereocenters. The van der Waals surface area contributed by atoms with Gasteiger partial charge in [0.1, 0.15) is 5.75 Å². The van der Waals surface area contributed by atoms with E-state index in [1.807, 2.05) is 0 Å². The van der Waals surface area contributed by atoms with Gasteiger partial charge in [0.05, 0.1) is 12.7 Å². The number of likely N-dealkylation sites (tertiary alicyclic amines) is 1. The van der Waals surface area contributed by atoms with Gasteiger partial charge in [-0.3, -0.25) is 4.79 Å². The third-order valence-electron chi connectivity index (χ3n) is 3.55. The molecule has 1 fully saturated rings. The van der Waals surface area contributed by atoms with Crippen molar-refractivity contribution in [2.45, 2.75) is 12.8 Å². The average Bonchev–Trinajstić information content (AvgIpc) is 2.46. The molecular formula is C14H18ClNO3. The molecule has 1 aromatic carbocycles. The minimum absolute atomic E-state index is 0.0595. The maximum Gasteiger partial charge on any atom is 0.257 e. The number of methoxy groups -OCH3 is 1. The normalized spacial score (nSPS) is 16.5. The highest BCUT2D eigenvalue weighted by molar-refractivity contribution is 6.31. The molecule has 0 bridgehead atoms. The lowest BCUT2D eigenvalue weighted by Gasteiger charge is -2.31. The molecule has 0 aliphatic carbocycles. The van der Waals surface area contributed by atoms with Crippen LogP contribution in [0.3, 0.4) is 0 Å². The molecule has 1 aromatic rings. The zero-order valence-electron chi connectivity index (χ0n) is 10.9. The van der Waals surface area contributed by atoms with Gasteiger partial charge in [-0.2, -0.15) is 0 Å². The number of carbonyl (C=O) groups excluding carboxylic acids is 1. The number of benzene rings is 1. The molecular weight excluding hydrogens is 266 g/mol. The number of aliphatic hydroxyl groups excluding tert-OH is 1. The minimum Gasteiger partial charge on any atom is -0.496 e. The Labute approximate surface area is 117 Å². The summed E-state index contributed by atoms with van der Waals surface area (Å²) in [5.74, 6) is 0.791. The van der Waals surface area contributed by atoms with Crippen LogP contribution in [-0.4, -0.2) is 42.7 Å². The third kappa shape index (κ3) is 3.19. The van der Waals surface area contributed by atoms with Crippen molar-refractivity contribution in [1.82, 2.24) is 4.90 Å². The van der Waals surface area contributed by atoms with Gasteiger partial charge in [-0.15, -0.1) is 0 Å². The fourth-order valence-electron chi connectivity index (χ4n) is 2.34. The van der Waals surface area contributed by atoms with Gasteiger partial charge in [0.25, 0.3) is 5.91 Å². The Morgan fingerprint density at radius 3 is 2.74 bits per heavy atom. The number of rotatable bonds is 3. The average molecular weight is 284 g/mol. The monoisotopic (exact) mass is 283 g/mol. The van der Waals surface area contributed by atoms with Crippen molar-refractivity contribution in [2.75, 3.05) is 26.8 Å². The quantitative estimate of drug-likeness (QED) is 0.925. The van der Waals surface area contributed by atoms with Crippen LogP contribution in [-0.2, 0) is 0 Å². The second-order valence-electron chi connectivity index (χ2n) is 4.76. The number of piperidine rings is 1. The van der Waals surface area contributed by atoms with E-state index in [0.29, 0.717) is 35.3 Å². The predicted octanol–water partition coefficient (Wildman–Crippen LogP) is 2.19. The van der Waals surface area contributed by atoms with E-state index in [-0.39, 0.29) is 12.5 Å². The largest absolute Gasteiger partial charge is 0.496 e. The first-order valence-electron chi connectivity index (χ1n) is 6.39. The molecule has 5 heteroatoms. The molecule has 1 saturated heterocycles. The number of amides is 1. The second-order valence-corrected chi connectivity index (χ2v) is 5.20. The summed E-state index contributed by atoms with van der Waals surface area (Å²) in [6.45, 7) is 1.53. The molecule has 1 aliphatic rings. The molecule has 1 amide bonds. The SMILES string of the molecule is COc1ccc(Cl)cc1C(=O)N1CCC(CO)CC1. The number of nitrogens with zero attached hydrogens (tertiary/aromatic N) is 1. The molecule has 1 N–H and O–H groups in total. The van der Waals surface area contributed by atoms with Gasteiger partial charge in [-0.1, -0.05) is 11.6 Å². The highest BCUT2D eigenvalue weighted by Crippen LogP contribution is 2.26. The Hall–Kier alpha value is -1.26. The van der Waals surface area contributed by atoms with Crippen LogP contribution in [0.2, 0.25) is 5.02 Å². The Morgan fingerprint density at radius 2 is 2.16 bits per heavy atom. The van der Waals surface area contributed by atoms with Crippen LogP contribution in [0.4, 0.5) is 0 Å². The third-order valence-corrected chi connectivity index (χ3v) is 3.79. The van der Waals surface area contributed by atoms with Crippen molar-refractivity contribution in [3.05, 3.63) is 28.8 Å². The predicted molar refractivity (Wildman–Crippen MR) is 73.7 cm³/mol. The minimum atomic E-state index is -0.0595. The van der Waals surface area contributed by atoms with Crippen LogP contribution in [0.5, 0.6) is 5.75 Å². The fraction of sp³-hybridized carbons (Fsp3) is 0.500. The standard InChI is InChI=1S/C14H18ClNO3/c1-19-13-3-2-11(15)8-12(13)14(18)16-6-4-10(9-17)5-7-16/h2-3,8,10,17H,4-7,9H2,1H3. The summed E-state index contributed by atoms with van der Waals surface area (Å²) in [5.41, 5.74) is 0.498. The maximum absolute atomic E-state index is 12.5. The van der Waals surface area contributed by atoms with E-state index < -0.39 is 0 Å². The van der Waals surface area contributed by atoms with Crippen LogP contribution >= 0.6 is 11.6 Å². The lowest BCUT2D eigenvalue weighted by atomic mass is 9.97. The molecule has 0 radical (unpaired) electrons. The van der Waals surface area contributed by atoms with E-state index in [1.165, 1.54) is 7.11 Å². The van der Waals surface area contributed by atoms with Crippen molar-refractivity contribution in [3.63, 3.8) is 0 Å². The summed E-state index contributed by atoms with van der Waals surface area (Å²) in [7, 11) is 1.54. The maximum atomic E-state index is 12.5. The number of carbonyl (C=O) groups is 1. The van der Waals surface area contributed by atoms with E-state index >= 15 is 0 Å². The highest BCUT2D eigenvalue weighted by atomic mass is 35.5. The summed E-state index contributed by atoms with van der Waals surface area (Å²) < 4.78 is 5.21. The first-order valence-corrected chi connectivity index (χ1v) is 6.77. The molecule has 104 valence electrons. The number of aliphatic hydroxyl groups is 1. The molecule has 1 aliphatic heterocycles. The summed E-state index contributed by atoms with van der Waals surface area (Å²) in [5, 5.41) is 9.63. The van der Waals surface area contributed by atoms with E-state index in [2.05, 4.69) is 0 Å².